The van der Waals surface area contributed by atoms with E-state index < -0.39 is 0 Å². The fourth-order valence-corrected chi connectivity index (χ4v) is 3.79. The van der Waals surface area contributed by atoms with Crippen molar-refractivity contribution >= 4 is 22.8 Å². The standard InChI is InChI=1S/C24H31N7O3/c1-14(2)31-22-16(11-26-31)21(24(3,4)5)28-23(29-22)27-19-12-30(13-25-19)15-9-17(32-6)20(34-8)18(10-15)33-7/h9-14H,1-8H3,(H,27,28,29). The maximum atomic E-state index is 5.47. The Labute approximate surface area is 198 Å². The smallest absolute Gasteiger partial charge is 0.230 e. The van der Waals surface area contributed by atoms with Crippen LogP contribution in [0.4, 0.5) is 11.8 Å². The zero-order valence-corrected chi connectivity index (χ0v) is 20.9. The highest BCUT2D eigenvalue weighted by molar-refractivity contribution is 5.80. The molecule has 0 aliphatic rings. The van der Waals surface area contributed by atoms with Crippen LogP contribution in [-0.2, 0) is 5.41 Å². The van der Waals surface area contributed by atoms with E-state index >= 15 is 0 Å². The Kier molecular flexibility index (Phi) is 6.07. The van der Waals surface area contributed by atoms with Crippen molar-refractivity contribution in [3.63, 3.8) is 0 Å². The van der Waals surface area contributed by atoms with E-state index in [0.29, 0.717) is 29.0 Å². The van der Waals surface area contributed by atoms with Gasteiger partial charge in [-0.15, -0.1) is 0 Å². The number of hydrogen-bond donors (Lipinski definition) is 1. The van der Waals surface area contributed by atoms with Gasteiger partial charge in [-0.1, -0.05) is 20.8 Å². The highest BCUT2D eigenvalue weighted by atomic mass is 16.5. The van der Waals surface area contributed by atoms with Gasteiger partial charge < -0.3 is 24.1 Å². The van der Waals surface area contributed by atoms with Crippen molar-refractivity contribution in [2.75, 3.05) is 26.6 Å². The number of benzene rings is 1. The normalized spacial score (nSPS) is 11.8. The minimum Gasteiger partial charge on any atom is -0.493 e. The number of rotatable bonds is 7. The lowest BCUT2D eigenvalue weighted by atomic mass is 9.90. The van der Waals surface area contributed by atoms with Crippen molar-refractivity contribution in [3.05, 3.63) is 36.5 Å². The van der Waals surface area contributed by atoms with Crippen LogP contribution in [0.3, 0.4) is 0 Å². The number of nitrogens with one attached hydrogen (secondary N) is 1. The van der Waals surface area contributed by atoms with Gasteiger partial charge in [0.2, 0.25) is 11.7 Å². The van der Waals surface area contributed by atoms with Crippen LogP contribution >= 0.6 is 0 Å². The molecule has 3 aromatic heterocycles. The maximum Gasteiger partial charge on any atom is 0.230 e. The summed E-state index contributed by atoms with van der Waals surface area (Å²) in [6.45, 7) is 10.5. The Morgan fingerprint density at radius 1 is 0.971 bits per heavy atom. The average Bonchev–Trinajstić information content (AvgIpc) is 3.44. The Morgan fingerprint density at radius 3 is 2.21 bits per heavy atom. The number of fused-ring (bicyclic) bond motifs is 1. The number of nitrogens with zero attached hydrogens (tertiary/aromatic N) is 6. The van der Waals surface area contributed by atoms with Gasteiger partial charge in [0.05, 0.1) is 50.5 Å². The second-order valence-electron chi connectivity index (χ2n) is 9.24. The molecule has 0 amide bonds. The molecule has 10 nitrogen and oxygen atoms in total. The molecule has 0 saturated carbocycles. The van der Waals surface area contributed by atoms with E-state index in [-0.39, 0.29) is 11.5 Å². The Bertz CT molecular complexity index is 1290. The number of anilines is 2. The minimum absolute atomic E-state index is 0.173. The van der Waals surface area contributed by atoms with Crippen LogP contribution < -0.4 is 19.5 Å². The molecule has 180 valence electrons. The molecule has 3 heterocycles. The van der Waals surface area contributed by atoms with Crippen molar-refractivity contribution in [3.8, 4) is 22.9 Å². The van der Waals surface area contributed by atoms with Gasteiger partial charge in [-0.25, -0.2) is 14.6 Å². The van der Waals surface area contributed by atoms with Gasteiger partial charge in [0.15, 0.2) is 23.0 Å². The summed E-state index contributed by atoms with van der Waals surface area (Å²) in [7, 11) is 4.75. The predicted molar refractivity (Wildman–Crippen MR) is 131 cm³/mol. The highest BCUT2D eigenvalue weighted by Crippen LogP contribution is 2.39. The van der Waals surface area contributed by atoms with Crippen molar-refractivity contribution in [2.24, 2.45) is 0 Å². The van der Waals surface area contributed by atoms with Gasteiger partial charge in [-0.3, -0.25) is 0 Å². The fourth-order valence-electron chi connectivity index (χ4n) is 3.79. The molecular weight excluding hydrogens is 434 g/mol. The van der Waals surface area contributed by atoms with Gasteiger partial charge in [-0.05, 0) is 13.8 Å². The lowest BCUT2D eigenvalue weighted by molar-refractivity contribution is 0.324. The molecule has 1 aromatic carbocycles. The quantitative estimate of drug-likeness (QED) is 0.421. The largest absolute Gasteiger partial charge is 0.493 e. The summed E-state index contributed by atoms with van der Waals surface area (Å²) in [6.07, 6.45) is 5.40. The van der Waals surface area contributed by atoms with E-state index in [1.54, 1.807) is 27.7 Å². The van der Waals surface area contributed by atoms with Crippen LogP contribution in [0.1, 0.15) is 46.4 Å². The summed E-state index contributed by atoms with van der Waals surface area (Å²) in [4.78, 5) is 14.1. The first kappa shape index (κ1) is 23.3. The lowest BCUT2D eigenvalue weighted by Crippen LogP contribution is -2.16. The average molecular weight is 466 g/mol. The summed E-state index contributed by atoms with van der Waals surface area (Å²) in [5.41, 5.74) is 2.34. The van der Waals surface area contributed by atoms with E-state index in [9.17, 15) is 0 Å². The Morgan fingerprint density at radius 2 is 1.65 bits per heavy atom. The van der Waals surface area contributed by atoms with Crippen molar-refractivity contribution in [1.29, 1.82) is 0 Å². The minimum atomic E-state index is -0.183. The van der Waals surface area contributed by atoms with Crippen molar-refractivity contribution in [2.45, 2.75) is 46.1 Å². The molecule has 0 unspecified atom stereocenters. The Balaban J connectivity index is 1.73. The monoisotopic (exact) mass is 465 g/mol. The molecule has 10 heteroatoms. The van der Waals surface area contributed by atoms with Crippen LogP contribution in [0.15, 0.2) is 30.9 Å². The summed E-state index contributed by atoms with van der Waals surface area (Å²) in [5.74, 6) is 2.72. The zero-order chi connectivity index (χ0) is 24.6. The van der Waals surface area contributed by atoms with Crippen molar-refractivity contribution in [1.82, 2.24) is 29.3 Å². The van der Waals surface area contributed by atoms with Gasteiger partial charge >= 0.3 is 0 Å². The third kappa shape index (κ3) is 4.23. The topological polar surface area (TPSA) is 101 Å². The molecule has 4 aromatic rings. The molecule has 4 rings (SSSR count). The summed E-state index contributed by atoms with van der Waals surface area (Å²) in [5, 5.41) is 8.75. The molecule has 0 atom stereocenters. The molecule has 0 spiro atoms. The number of aromatic nitrogens is 6. The van der Waals surface area contributed by atoms with Crippen LogP contribution in [0, 0.1) is 0 Å². The molecule has 0 aliphatic heterocycles. The fraction of sp³-hybridized carbons (Fsp3) is 0.417. The first-order valence-corrected chi connectivity index (χ1v) is 11.0. The SMILES string of the molecule is COc1cc(-n2cnc(Nc3nc(C(C)(C)C)c4cnn(C(C)C)c4n3)c2)cc(OC)c1OC. The highest BCUT2D eigenvalue weighted by Gasteiger charge is 2.24. The number of imidazole rings is 1. The molecule has 1 N–H and O–H groups in total. The summed E-state index contributed by atoms with van der Waals surface area (Å²) in [6, 6.07) is 3.88. The second-order valence-corrected chi connectivity index (χ2v) is 9.24. The summed E-state index contributed by atoms with van der Waals surface area (Å²) >= 11 is 0. The van der Waals surface area contributed by atoms with Crippen LogP contribution in [0.2, 0.25) is 0 Å². The maximum absolute atomic E-state index is 5.47. The van der Waals surface area contributed by atoms with Crippen LogP contribution in [0.25, 0.3) is 16.7 Å². The molecule has 0 fully saturated rings. The van der Waals surface area contributed by atoms with E-state index in [1.807, 2.05) is 33.8 Å². The lowest BCUT2D eigenvalue weighted by Gasteiger charge is -2.19. The first-order valence-electron chi connectivity index (χ1n) is 11.0. The van der Waals surface area contributed by atoms with Crippen molar-refractivity contribution < 1.29 is 14.2 Å². The predicted octanol–water partition coefficient (Wildman–Crippen LogP) is 4.66. The van der Waals surface area contributed by atoms with Gasteiger partial charge in [-0.2, -0.15) is 10.1 Å². The van der Waals surface area contributed by atoms with E-state index in [4.69, 9.17) is 24.2 Å². The van der Waals surface area contributed by atoms with E-state index in [0.717, 1.165) is 22.4 Å². The number of ether oxygens (including phenoxy) is 3. The number of hydrogen-bond acceptors (Lipinski definition) is 8. The van der Waals surface area contributed by atoms with Gasteiger partial charge in [0.1, 0.15) is 6.33 Å². The van der Waals surface area contributed by atoms with Crippen LogP contribution in [0.5, 0.6) is 17.2 Å². The van der Waals surface area contributed by atoms with E-state index in [1.165, 1.54) is 0 Å². The molecule has 0 saturated heterocycles. The number of methoxy groups -OCH3 is 3. The molecule has 0 aliphatic carbocycles. The second kappa shape index (κ2) is 8.85. The zero-order valence-electron chi connectivity index (χ0n) is 20.9. The van der Waals surface area contributed by atoms with Gasteiger partial charge in [0, 0.05) is 23.6 Å². The third-order valence-corrected chi connectivity index (χ3v) is 5.42. The third-order valence-electron chi connectivity index (χ3n) is 5.42. The molecule has 0 radical (unpaired) electrons. The van der Waals surface area contributed by atoms with E-state index in [2.05, 4.69) is 50.0 Å². The molecule has 34 heavy (non-hydrogen) atoms. The van der Waals surface area contributed by atoms with Gasteiger partial charge in [0.25, 0.3) is 0 Å². The first-order chi connectivity index (χ1) is 16.2. The molecule has 0 bridgehead atoms. The Hall–Kier alpha value is -3.82. The van der Waals surface area contributed by atoms with Crippen LogP contribution in [-0.4, -0.2) is 50.6 Å². The molecular formula is C24H31N7O3. The summed E-state index contributed by atoms with van der Waals surface area (Å²) < 4.78 is 20.1.